The number of aromatic nitrogens is 1. The maximum Gasteiger partial charge on any atom is 0.419 e. The minimum absolute atomic E-state index is 0.226. The van der Waals surface area contributed by atoms with E-state index in [1.54, 1.807) is 11.9 Å². The van der Waals surface area contributed by atoms with E-state index < -0.39 is 6.09 Å². The Morgan fingerprint density at radius 2 is 2.09 bits per heavy atom. The lowest BCUT2D eigenvalue weighted by atomic mass is 10.1. The summed E-state index contributed by atoms with van der Waals surface area (Å²) in [7, 11) is 1.68. The minimum atomic E-state index is -0.832. The molecule has 1 N–H and O–H groups in total. The molecule has 1 spiro atoms. The fourth-order valence-electron chi connectivity index (χ4n) is 3.39. The summed E-state index contributed by atoms with van der Waals surface area (Å²) in [5.41, 5.74) is 2.07. The molecule has 1 aliphatic carbocycles. The van der Waals surface area contributed by atoms with Gasteiger partial charge >= 0.3 is 11.8 Å². The van der Waals surface area contributed by atoms with Crippen LogP contribution in [0.1, 0.15) is 12.8 Å². The van der Waals surface area contributed by atoms with Crippen LogP contribution in [0, 0.1) is 0 Å². The van der Waals surface area contributed by atoms with Crippen LogP contribution < -0.4 is 10.7 Å². The molecular formula is C15H17N3O4. The second-order valence-corrected chi connectivity index (χ2v) is 6.16. The van der Waals surface area contributed by atoms with Crippen molar-refractivity contribution in [3.05, 3.63) is 28.7 Å². The van der Waals surface area contributed by atoms with Crippen molar-refractivity contribution in [1.29, 1.82) is 0 Å². The molecule has 2 aromatic rings. The van der Waals surface area contributed by atoms with Crippen molar-refractivity contribution in [1.82, 2.24) is 9.47 Å². The molecule has 7 nitrogen and oxygen atoms in total. The summed E-state index contributed by atoms with van der Waals surface area (Å²) in [5, 5.41) is 9.30. The second kappa shape index (κ2) is 4.28. The van der Waals surface area contributed by atoms with Crippen molar-refractivity contribution in [3.8, 4) is 0 Å². The number of carboxylic acid groups (broad SMARTS) is 1. The molecule has 0 unspecified atom stereocenters. The number of nitrogens with zero attached hydrogens (tertiary/aromatic N) is 3. The quantitative estimate of drug-likeness (QED) is 0.863. The number of amides is 1. The van der Waals surface area contributed by atoms with Gasteiger partial charge < -0.3 is 14.4 Å². The van der Waals surface area contributed by atoms with Gasteiger partial charge in [0.2, 0.25) is 0 Å². The van der Waals surface area contributed by atoms with Gasteiger partial charge in [0.1, 0.15) is 0 Å². The van der Waals surface area contributed by atoms with Crippen LogP contribution in [0.25, 0.3) is 11.1 Å². The summed E-state index contributed by atoms with van der Waals surface area (Å²) in [6, 6.07) is 5.70. The first-order valence-corrected chi connectivity index (χ1v) is 7.35. The third kappa shape index (κ3) is 1.81. The molecule has 1 aliphatic heterocycles. The second-order valence-electron chi connectivity index (χ2n) is 6.16. The molecule has 1 aromatic heterocycles. The number of fused-ring (bicyclic) bond motifs is 1. The molecule has 116 valence electrons. The van der Waals surface area contributed by atoms with Gasteiger partial charge in [-0.2, -0.15) is 0 Å². The Morgan fingerprint density at radius 3 is 2.77 bits per heavy atom. The van der Waals surface area contributed by atoms with Gasteiger partial charge in [0, 0.05) is 38.4 Å². The number of rotatable bonds is 1. The molecule has 2 fully saturated rings. The zero-order valence-corrected chi connectivity index (χ0v) is 12.3. The highest BCUT2D eigenvalue weighted by atomic mass is 16.4. The Hall–Kier alpha value is -2.44. The van der Waals surface area contributed by atoms with Crippen LogP contribution in [0.4, 0.5) is 10.5 Å². The molecule has 22 heavy (non-hydrogen) atoms. The van der Waals surface area contributed by atoms with Crippen LogP contribution in [0.3, 0.4) is 0 Å². The maximum absolute atomic E-state index is 11.6. The highest BCUT2D eigenvalue weighted by Crippen LogP contribution is 2.45. The Bertz CT molecular complexity index is 818. The molecule has 1 saturated heterocycles. The van der Waals surface area contributed by atoms with Crippen molar-refractivity contribution < 1.29 is 14.3 Å². The van der Waals surface area contributed by atoms with Crippen molar-refractivity contribution >= 4 is 22.9 Å². The van der Waals surface area contributed by atoms with Gasteiger partial charge in [0.05, 0.1) is 11.1 Å². The van der Waals surface area contributed by atoms with E-state index in [0.29, 0.717) is 25.2 Å². The number of aryl methyl sites for hydroxylation is 1. The molecule has 0 bridgehead atoms. The molecule has 0 atom stereocenters. The third-order valence-corrected chi connectivity index (χ3v) is 4.85. The fraction of sp³-hybridized carbons (Fsp3) is 0.467. The van der Waals surface area contributed by atoms with Gasteiger partial charge in [0.25, 0.3) is 0 Å². The number of piperazine rings is 1. The Labute approximate surface area is 126 Å². The Morgan fingerprint density at radius 1 is 1.32 bits per heavy atom. The van der Waals surface area contributed by atoms with E-state index in [1.165, 1.54) is 4.57 Å². The van der Waals surface area contributed by atoms with Crippen molar-refractivity contribution in [2.45, 2.75) is 18.4 Å². The summed E-state index contributed by atoms with van der Waals surface area (Å²) in [6.07, 6.45) is 0.998. The molecule has 1 amide bonds. The summed E-state index contributed by atoms with van der Waals surface area (Å²) >= 11 is 0. The summed E-state index contributed by atoms with van der Waals surface area (Å²) in [6.45, 7) is 1.85. The first-order valence-electron chi connectivity index (χ1n) is 7.35. The summed E-state index contributed by atoms with van der Waals surface area (Å²) in [5.74, 6) is -0.374. The number of hydrogen-bond donors (Lipinski definition) is 1. The fourth-order valence-corrected chi connectivity index (χ4v) is 3.39. The lowest BCUT2D eigenvalue weighted by Gasteiger charge is -2.41. The SMILES string of the molecule is Cn1c(=O)oc2cc(N3CCN(C(=O)O)C4(CC4)C3)ccc21. The summed E-state index contributed by atoms with van der Waals surface area (Å²) < 4.78 is 6.71. The van der Waals surface area contributed by atoms with Crippen LogP contribution >= 0.6 is 0 Å². The van der Waals surface area contributed by atoms with Crippen LogP contribution in [0.15, 0.2) is 27.4 Å². The zero-order chi connectivity index (χ0) is 15.5. The number of anilines is 1. The number of carbonyl (C=O) groups is 1. The topological polar surface area (TPSA) is 78.9 Å². The van der Waals surface area contributed by atoms with E-state index >= 15 is 0 Å². The van der Waals surface area contributed by atoms with E-state index in [2.05, 4.69) is 4.90 Å². The van der Waals surface area contributed by atoms with Crippen LogP contribution in [0.2, 0.25) is 0 Å². The van der Waals surface area contributed by atoms with Gasteiger partial charge in [-0.1, -0.05) is 0 Å². The standard InChI is InChI=1S/C15H17N3O4/c1-16-11-3-2-10(8-12(11)22-14(16)21)17-6-7-18(13(19)20)15(9-17)4-5-15/h2-3,8H,4-7,9H2,1H3,(H,19,20). The predicted molar refractivity (Wildman–Crippen MR) is 80.4 cm³/mol. The minimum Gasteiger partial charge on any atom is -0.465 e. The van der Waals surface area contributed by atoms with Crippen molar-refractivity contribution in [2.24, 2.45) is 7.05 Å². The molecule has 2 aliphatic rings. The Balaban J connectivity index is 1.66. The van der Waals surface area contributed by atoms with E-state index in [-0.39, 0.29) is 11.3 Å². The van der Waals surface area contributed by atoms with Gasteiger partial charge in [-0.25, -0.2) is 9.59 Å². The van der Waals surface area contributed by atoms with Crippen molar-refractivity contribution in [3.63, 3.8) is 0 Å². The van der Waals surface area contributed by atoms with Gasteiger partial charge in [-0.15, -0.1) is 0 Å². The third-order valence-electron chi connectivity index (χ3n) is 4.85. The van der Waals surface area contributed by atoms with E-state index in [9.17, 15) is 14.7 Å². The number of hydrogen-bond acceptors (Lipinski definition) is 4. The highest BCUT2D eigenvalue weighted by molar-refractivity contribution is 5.78. The predicted octanol–water partition coefficient (Wildman–Crippen LogP) is 1.46. The molecule has 1 aromatic carbocycles. The molecule has 1 saturated carbocycles. The van der Waals surface area contributed by atoms with Crippen LogP contribution in [0.5, 0.6) is 0 Å². The van der Waals surface area contributed by atoms with E-state index in [4.69, 9.17) is 4.42 Å². The molecule has 2 heterocycles. The average molecular weight is 303 g/mol. The first kappa shape index (κ1) is 13.2. The monoisotopic (exact) mass is 303 g/mol. The zero-order valence-electron chi connectivity index (χ0n) is 12.3. The molecule has 4 rings (SSSR count). The molecule has 7 heteroatoms. The smallest absolute Gasteiger partial charge is 0.419 e. The van der Waals surface area contributed by atoms with E-state index in [0.717, 1.165) is 24.0 Å². The van der Waals surface area contributed by atoms with Crippen molar-refractivity contribution in [2.75, 3.05) is 24.5 Å². The largest absolute Gasteiger partial charge is 0.465 e. The molecule has 0 radical (unpaired) electrons. The summed E-state index contributed by atoms with van der Waals surface area (Å²) in [4.78, 5) is 26.6. The highest BCUT2D eigenvalue weighted by Gasteiger charge is 2.53. The number of oxazole rings is 1. The lowest BCUT2D eigenvalue weighted by Crippen LogP contribution is -2.56. The Kier molecular flexibility index (Phi) is 2.58. The first-order chi connectivity index (χ1) is 10.5. The van der Waals surface area contributed by atoms with Crippen LogP contribution in [-0.2, 0) is 7.05 Å². The van der Waals surface area contributed by atoms with Gasteiger partial charge in [0.15, 0.2) is 5.58 Å². The normalized spacial score (nSPS) is 19.9. The van der Waals surface area contributed by atoms with Gasteiger partial charge in [-0.3, -0.25) is 9.47 Å². The number of benzene rings is 1. The molecular weight excluding hydrogens is 286 g/mol. The average Bonchev–Trinajstić information content (AvgIpc) is 3.18. The van der Waals surface area contributed by atoms with Crippen LogP contribution in [-0.4, -0.2) is 45.8 Å². The lowest BCUT2D eigenvalue weighted by molar-refractivity contribution is 0.110. The maximum atomic E-state index is 11.6. The van der Waals surface area contributed by atoms with E-state index in [1.807, 2.05) is 18.2 Å². The van der Waals surface area contributed by atoms with Gasteiger partial charge in [-0.05, 0) is 25.0 Å².